The fourth-order valence-electron chi connectivity index (χ4n) is 1.75. The van der Waals surface area contributed by atoms with Crippen molar-refractivity contribution in [1.29, 1.82) is 0 Å². The van der Waals surface area contributed by atoms with Gasteiger partial charge in [0.25, 0.3) is 0 Å². The Labute approximate surface area is 121 Å². The van der Waals surface area contributed by atoms with E-state index in [-0.39, 0.29) is 5.91 Å². The second kappa shape index (κ2) is 7.39. The summed E-state index contributed by atoms with van der Waals surface area (Å²) >= 11 is 0. The summed E-state index contributed by atoms with van der Waals surface area (Å²) in [6.45, 7) is 1.48. The summed E-state index contributed by atoms with van der Waals surface area (Å²) in [4.78, 5) is 27.2. The molecule has 0 aromatic carbocycles. The molecule has 0 saturated carbocycles. The molecule has 0 aliphatic carbocycles. The summed E-state index contributed by atoms with van der Waals surface area (Å²) in [5.74, 6) is 1.05. The van der Waals surface area contributed by atoms with Crippen LogP contribution in [-0.4, -0.2) is 59.7 Å². The topological polar surface area (TPSA) is 117 Å². The Morgan fingerprint density at radius 3 is 3.00 bits per heavy atom. The number of amides is 1. The van der Waals surface area contributed by atoms with E-state index in [0.717, 1.165) is 0 Å². The van der Waals surface area contributed by atoms with Gasteiger partial charge < -0.3 is 25.7 Å². The normalized spacial score (nSPS) is 10.6. The largest absolute Gasteiger partial charge is 0.383 e. The van der Waals surface area contributed by atoms with Crippen LogP contribution in [-0.2, 0) is 9.53 Å². The third-order valence-corrected chi connectivity index (χ3v) is 2.78. The molecular weight excluding hydrogens is 274 g/mol. The monoisotopic (exact) mass is 293 g/mol. The van der Waals surface area contributed by atoms with Gasteiger partial charge in [-0.1, -0.05) is 0 Å². The number of anilines is 2. The van der Waals surface area contributed by atoms with Gasteiger partial charge in [-0.2, -0.15) is 9.97 Å². The minimum absolute atomic E-state index is 0.0386. The predicted octanol–water partition coefficient (Wildman–Crippen LogP) is -0.0408. The molecule has 1 amide bonds. The van der Waals surface area contributed by atoms with Gasteiger partial charge in [0.2, 0.25) is 11.9 Å². The summed E-state index contributed by atoms with van der Waals surface area (Å²) in [6, 6.07) is 0. The first-order valence-corrected chi connectivity index (χ1v) is 6.63. The Hall–Kier alpha value is -2.42. The van der Waals surface area contributed by atoms with Crippen molar-refractivity contribution in [3.63, 3.8) is 0 Å². The molecule has 0 spiro atoms. The van der Waals surface area contributed by atoms with Crippen LogP contribution in [0.15, 0.2) is 6.33 Å². The van der Waals surface area contributed by atoms with Crippen LogP contribution in [0.4, 0.5) is 11.8 Å². The molecule has 0 bridgehead atoms. The molecular formula is C12H19N7O2. The Balaban J connectivity index is 1.91. The van der Waals surface area contributed by atoms with Gasteiger partial charge in [0, 0.05) is 33.7 Å². The molecule has 2 rings (SSSR count). The summed E-state index contributed by atoms with van der Waals surface area (Å²) in [5, 5.41) is 8.74. The van der Waals surface area contributed by atoms with Crippen molar-refractivity contribution >= 4 is 28.8 Å². The van der Waals surface area contributed by atoms with Crippen molar-refractivity contribution in [3.8, 4) is 0 Å². The zero-order chi connectivity index (χ0) is 15.1. The molecule has 0 unspecified atom stereocenters. The number of aromatic amines is 1. The van der Waals surface area contributed by atoms with Crippen LogP contribution in [0.5, 0.6) is 0 Å². The van der Waals surface area contributed by atoms with Gasteiger partial charge in [-0.05, 0) is 0 Å². The fourth-order valence-corrected chi connectivity index (χ4v) is 1.75. The van der Waals surface area contributed by atoms with Crippen molar-refractivity contribution in [2.45, 2.75) is 6.42 Å². The van der Waals surface area contributed by atoms with E-state index in [1.165, 1.54) is 0 Å². The molecule has 0 atom stereocenters. The van der Waals surface area contributed by atoms with Gasteiger partial charge >= 0.3 is 0 Å². The number of nitrogens with zero attached hydrogens (tertiary/aromatic N) is 3. The molecule has 21 heavy (non-hydrogen) atoms. The number of carbonyl (C=O) groups is 1. The summed E-state index contributed by atoms with van der Waals surface area (Å²) in [5.41, 5.74) is 1.29. The first-order valence-electron chi connectivity index (χ1n) is 6.63. The number of hydrogen-bond donors (Lipinski definition) is 4. The Kier molecular flexibility index (Phi) is 5.27. The lowest BCUT2D eigenvalue weighted by atomic mass is 10.4. The molecule has 2 aromatic heterocycles. The number of H-pyrrole nitrogens is 1. The average Bonchev–Trinajstić information content (AvgIpc) is 2.95. The lowest BCUT2D eigenvalue weighted by Gasteiger charge is -2.08. The number of ether oxygens (including phenoxy) is 1. The predicted molar refractivity (Wildman–Crippen MR) is 79.2 cm³/mol. The van der Waals surface area contributed by atoms with Crippen molar-refractivity contribution in [3.05, 3.63) is 6.33 Å². The molecule has 2 aromatic rings. The van der Waals surface area contributed by atoms with Gasteiger partial charge in [0.1, 0.15) is 5.52 Å². The van der Waals surface area contributed by atoms with Gasteiger partial charge in [-0.3, -0.25) is 4.79 Å². The highest BCUT2D eigenvalue weighted by atomic mass is 16.5. The molecule has 0 aliphatic heterocycles. The van der Waals surface area contributed by atoms with Crippen LogP contribution in [0.1, 0.15) is 6.42 Å². The van der Waals surface area contributed by atoms with Crippen molar-refractivity contribution in [1.82, 2.24) is 25.3 Å². The molecule has 0 fully saturated rings. The summed E-state index contributed by atoms with van der Waals surface area (Å²) in [7, 11) is 3.33. The third-order valence-electron chi connectivity index (χ3n) is 2.78. The van der Waals surface area contributed by atoms with Crippen LogP contribution >= 0.6 is 0 Å². The summed E-state index contributed by atoms with van der Waals surface area (Å²) in [6.07, 6.45) is 1.90. The van der Waals surface area contributed by atoms with Crippen LogP contribution < -0.4 is 16.0 Å². The molecule has 114 valence electrons. The molecule has 9 nitrogen and oxygen atoms in total. The van der Waals surface area contributed by atoms with Gasteiger partial charge in [0.15, 0.2) is 11.5 Å². The van der Waals surface area contributed by atoms with Crippen molar-refractivity contribution in [2.75, 3.05) is 44.5 Å². The Morgan fingerprint density at radius 2 is 2.24 bits per heavy atom. The lowest BCUT2D eigenvalue weighted by Crippen LogP contribution is -2.28. The van der Waals surface area contributed by atoms with Crippen molar-refractivity contribution in [2.24, 2.45) is 0 Å². The Bertz CT molecular complexity index is 598. The minimum atomic E-state index is -0.0386. The molecule has 0 radical (unpaired) electrons. The maximum absolute atomic E-state index is 11.6. The third kappa shape index (κ3) is 4.02. The SMILES string of the molecule is CNc1nc(NCCC(=O)NCCOC)c2[nH]cnc2n1. The second-order valence-electron chi connectivity index (χ2n) is 4.27. The number of aromatic nitrogens is 4. The molecule has 9 heteroatoms. The fraction of sp³-hybridized carbons (Fsp3) is 0.500. The number of carbonyl (C=O) groups excluding carboxylic acids is 1. The quantitative estimate of drug-likeness (QED) is 0.504. The standard InChI is InChI=1S/C12H19N7O2/c1-13-12-18-10(9-11(19-12)17-7-16-9)15-4-3-8(20)14-5-6-21-2/h7H,3-6H2,1-2H3,(H,14,20)(H3,13,15,16,17,18,19). The molecule has 2 heterocycles. The first-order chi connectivity index (χ1) is 10.2. The van der Waals surface area contributed by atoms with Crippen molar-refractivity contribution < 1.29 is 9.53 Å². The smallest absolute Gasteiger partial charge is 0.226 e. The highest BCUT2D eigenvalue weighted by Gasteiger charge is 2.09. The molecule has 4 N–H and O–H groups in total. The zero-order valence-corrected chi connectivity index (χ0v) is 12.1. The average molecular weight is 293 g/mol. The number of fused-ring (bicyclic) bond motifs is 1. The van der Waals surface area contributed by atoms with E-state index in [0.29, 0.717) is 49.0 Å². The highest BCUT2D eigenvalue weighted by Crippen LogP contribution is 2.18. The number of hydrogen-bond acceptors (Lipinski definition) is 7. The Morgan fingerprint density at radius 1 is 1.38 bits per heavy atom. The number of imidazole rings is 1. The van der Waals surface area contributed by atoms with E-state index >= 15 is 0 Å². The lowest BCUT2D eigenvalue weighted by molar-refractivity contribution is -0.121. The first kappa shape index (κ1) is 15.0. The summed E-state index contributed by atoms with van der Waals surface area (Å²) < 4.78 is 4.87. The minimum Gasteiger partial charge on any atom is -0.383 e. The molecule has 0 saturated heterocycles. The van der Waals surface area contributed by atoms with E-state index in [1.54, 1.807) is 20.5 Å². The maximum atomic E-state index is 11.6. The molecule has 0 aliphatic rings. The van der Waals surface area contributed by atoms with Crippen LogP contribution in [0.3, 0.4) is 0 Å². The number of nitrogens with one attached hydrogen (secondary N) is 4. The second-order valence-corrected chi connectivity index (χ2v) is 4.27. The van der Waals surface area contributed by atoms with E-state index in [2.05, 4.69) is 35.9 Å². The van der Waals surface area contributed by atoms with Gasteiger partial charge in [-0.25, -0.2) is 4.98 Å². The van der Waals surface area contributed by atoms with Crippen LogP contribution in [0.25, 0.3) is 11.2 Å². The van der Waals surface area contributed by atoms with Crippen LogP contribution in [0.2, 0.25) is 0 Å². The van der Waals surface area contributed by atoms with Gasteiger partial charge in [-0.15, -0.1) is 0 Å². The number of methoxy groups -OCH3 is 1. The van der Waals surface area contributed by atoms with E-state index in [9.17, 15) is 4.79 Å². The van der Waals surface area contributed by atoms with E-state index in [1.807, 2.05) is 0 Å². The zero-order valence-electron chi connectivity index (χ0n) is 12.1. The van der Waals surface area contributed by atoms with E-state index < -0.39 is 0 Å². The highest BCUT2D eigenvalue weighted by molar-refractivity contribution is 5.84. The van der Waals surface area contributed by atoms with E-state index in [4.69, 9.17) is 4.74 Å². The number of rotatable bonds is 8. The maximum Gasteiger partial charge on any atom is 0.226 e. The van der Waals surface area contributed by atoms with Gasteiger partial charge in [0.05, 0.1) is 12.9 Å². The van der Waals surface area contributed by atoms with Crippen LogP contribution in [0, 0.1) is 0 Å².